The fraction of sp³-hybridized carbons (Fsp3) is 1.00. The van der Waals surface area contributed by atoms with Crippen LogP contribution in [-0.4, -0.2) is 43.4 Å². The molecular weight excluding hydrogens is 248 g/mol. The van der Waals surface area contributed by atoms with Crippen LogP contribution in [0.15, 0.2) is 0 Å². The van der Waals surface area contributed by atoms with E-state index in [9.17, 15) is 16.8 Å². The molecule has 0 aromatic heterocycles. The van der Waals surface area contributed by atoms with Crippen molar-refractivity contribution in [2.45, 2.75) is 12.8 Å². The van der Waals surface area contributed by atoms with Crippen molar-refractivity contribution in [1.29, 1.82) is 0 Å². The summed E-state index contributed by atoms with van der Waals surface area (Å²) in [5.74, 6) is 0. The Kier molecular flexibility index (Phi) is 6.29. The molecule has 7 nitrogen and oxygen atoms in total. The molecule has 0 N–H and O–H groups in total. The van der Waals surface area contributed by atoms with E-state index in [1.54, 1.807) is 0 Å². The largest absolute Gasteiger partial charge is 0.399 e. The SMILES string of the molecule is COS(=O)(=O)OCCCCOS(C)(=O)=O. The van der Waals surface area contributed by atoms with E-state index in [1.165, 1.54) is 0 Å². The van der Waals surface area contributed by atoms with Gasteiger partial charge in [-0.1, -0.05) is 0 Å². The van der Waals surface area contributed by atoms with Crippen LogP contribution in [0.25, 0.3) is 0 Å². The monoisotopic (exact) mass is 262 g/mol. The molecule has 0 bridgehead atoms. The van der Waals surface area contributed by atoms with E-state index >= 15 is 0 Å². The molecule has 15 heavy (non-hydrogen) atoms. The predicted molar refractivity (Wildman–Crippen MR) is 51.9 cm³/mol. The highest BCUT2D eigenvalue weighted by Crippen LogP contribution is 1.99. The minimum atomic E-state index is -3.89. The average Bonchev–Trinajstić information content (AvgIpc) is 2.09. The minimum Gasteiger partial charge on any atom is -0.270 e. The first-order chi connectivity index (χ1) is 6.77. The summed E-state index contributed by atoms with van der Waals surface area (Å²) in [7, 11) is -6.33. The first-order valence-electron chi connectivity index (χ1n) is 4.06. The van der Waals surface area contributed by atoms with Gasteiger partial charge in [0.15, 0.2) is 0 Å². The van der Waals surface area contributed by atoms with Gasteiger partial charge in [-0.3, -0.25) is 8.37 Å². The van der Waals surface area contributed by atoms with Crippen LogP contribution in [0.5, 0.6) is 0 Å². The summed E-state index contributed by atoms with van der Waals surface area (Å²) in [6, 6.07) is 0. The normalized spacial score (nSPS) is 12.9. The number of hydrogen-bond donors (Lipinski definition) is 0. The summed E-state index contributed by atoms with van der Waals surface area (Å²) >= 11 is 0. The molecule has 0 aromatic rings. The molecule has 0 aliphatic heterocycles. The van der Waals surface area contributed by atoms with E-state index in [0.29, 0.717) is 12.8 Å². The molecule has 0 aliphatic rings. The van der Waals surface area contributed by atoms with Gasteiger partial charge in [0.1, 0.15) is 0 Å². The fourth-order valence-electron chi connectivity index (χ4n) is 0.624. The Morgan fingerprint density at radius 1 is 0.933 bits per heavy atom. The highest BCUT2D eigenvalue weighted by Gasteiger charge is 2.07. The van der Waals surface area contributed by atoms with E-state index in [4.69, 9.17) is 0 Å². The smallest absolute Gasteiger partial charge is 0.270 e. The second-order valence-corrected chi connectivity index (χ2v) is 5.66. The Morgan fingerprint density at radius 3 is 1.80 bits per heavy atom. The quantitative estimate of drug-likeness (QED) is 0.435. The van der Waals surface area contributed by atoms with Crippen molar-refractivity contribution in [3.05, 3.63) is 0 Å². The van der Waals surface area contributed by atoms with Crippen molar-refractivity contribution >= 4 is 20.5 Å². The second-order valence-electron chi connectivity index (χ2n) is 2.63. The van der Waals surface area contributed by atoms with Gasteiger partial charge in [0, 0.05) is 0 Å². The third-order valence-corrected chi connectivity index (χ3v) is 2.73. The van der Waals surface area contributed by atoms with Crippen LogP contribution in [0.4, 0.5) is 0 Å². The minimum absolute atomic E-state index is 0.00915. The van der Waals surface area contributed by atoms with E-state index in [2.05, 4.69) is 12.5 Å². The van der Waals surface area contributed by atoms with Crippen molar-refractivity contribution in [1.82, 2.24) is 0 Å². The van der Waals surface area contributed by atoms with Gasteiger partial charge in [-0.15, -0.1) is 0 Å². The van der Waals surface area contributed by atoms with Gasteiger partial charge in [-0.05, 0) is 12.8 Å². The topological polar surface area (TPSA) is 96.0 Å². The zero-order valence-electron chi connectivity index (χ0n) is 8.50. The van der Waals surface area contributed by atoms with Crippen molar-refractivity contribution in [2.75, 3.05) is 26.6 Å². The number of unbranched alkanes of at least 4 members (excludes halogenated alkanes) is 1. The van der Waals surface area contributed by atoms with Crippen LogP contribution in [-0.2, 0) is 33.1 Å². The molecule has 9 heteroatoms. The van der Waals surface area contributed by atoms with E-state index in [1.807, 2.05) is 0 Å². The van der Waals surface area contributed by atoms with Gasteiger partial charge in [0.05, 0.1) is 26.6 Å². The standard InChI is InChI=1S/C6H14O7S2/c1-11-15(9,10)13-6-4-3-5-12-14(2,7)8/h3-6H2,1-2H3. The van der Waals surface area contributed by atoms with Crippen molar-refractivity contribution in [3.63, 3.8) is 0 Å². The van der Waals surface area contributed by atoms with Gasteiger partial charge in [0.25, 0.3) is 10.1 Å². The third-order valence-electron chi connectivity index (χ3n) is 1.27. The average molecular weight is 262 g/mol. The highest BCUT2D eigenvalue weighted by molar-refractivity contribution is 7.86. The van der Waals surface area contributed by atoms with E-state index in [0.717, 1.165) is 13.4 Å². The maximum Gasteiger partial charge on any atom is 0.399 e. The van der Waals surface area contributed by atoms with Crippen LogP contribution < -0.4 is 0 Å². The lowest BCUT2D eigenvalue weighted by molar-refractivity contribution is 0.229. The van der Waals surface area contributed by atoms with Crippen LogP contribution in [0.1, 0.15) is 12.8 Å². The van der Waals surface area contributed by atoms with Gasteiger partial charge in [-0.2, -0.15) is 16.8 Å². The lowest BCUT2D eigenvalue weighted by Gasteiger charge is -2.02. The molecule has 0 radical (unpaired) electrons. The molecule has 0 aliphatic carbocycles. The molecule has 0 heterocycles. The Balaban J connectivity index is 3.50. The highest BCUT2D eigenvalue weighted by atomic mass is 32.3. The van der Waals surface area contributed by atoms with E-state index in [-0.39, 0.29) is 13.2 Å². The van der Waals surface area contributed by atoms with Crippen molar-refractivity contribution < 1.29 is 29.4 Å². The fourth-order valence-corrected chi connectivity index (χ4v) is 1.46. The number of rotatable bonds is 8. The molecule has 0 spiro atoms. The van der Waals surface area contributed by atoms with Gasteiger partial charge in [0.2, 0.25) is 0 Å². The molecule has 0 saturated carbocycles. The molecule has 0 saturated heterocycles. The Hall–Kier alpha value is -0.220. The summed E-state index contributed by atoms with van der Waals surface area (Å²) < 4.78 is 55.0. The zero-order chi connectivity index (χ0) is 11.9. The molecular formula is C6H14O7S2. The maximum atomic E-state index is 10.6. The lowest BCUT2D eigenvalue weighted by atomic mass is 10.3. The van der Waals surface area contributed by atoms with Crippen molar-refractivity contribution in [2.24, 2.45) is 0 Å². The molecule has 0 atom stereocenters. The number of hydrogen-bond acceptors (Lipinski definition) is 7. The van der Waals surface area contributed by atoms with Gasteiger partial charge in [-0.25, -0.2) is 4.18 Å². The third kappa shape index (κ3) is 10.1. The van der Waals surface area contributed by atoms with E-state index < -0.39 is 20.5 Å². The van der Waals surface area contributed by atoms with Crippen LogP contribution in [0.3, 0.4) is 0 Å². The summed E-state index contributed by atoms with van der Waals surface area (Å²) in [6.45, 7) is -0.0570. The summed E-state index contributed by atoms with van der Waals surface area (Å²) in [5, 5.41) is 0. The van der Waals surface area contributed by atoms with Crippen LogP contribution in [0.2, 0.25) is 0 Å². The van der Waals surface area contributed by atoms with Crippen LogP contribution in [0, 0.1) is 0 Å². The summed E-state index contributed by atoms with van der Waals surface area (Å²) in [4.78, 5) is 0. The molecule has 0 unspecified atom stereocenters. The van der Waals surface area contributed by atoms with Gasteiger partial charge >= 0.3 is 10.4 Å². The molecule has 0 aromatic carbocycles. The Morgan fingerprint density at radius 2 is 1.40 bits per heavy atom. The molecule has 0 rings (SSSR count). The maximum absolute atomic E-state index is 10.6. The summed E-state index contributed by atoms with van der Waals surface area (Å²) in [5.41, 5.74) is 0. The summed E-state index contributed by atoms with van der Waals surface area (Å²) in [6.07, 6.45) is 1.68. The first-order valence-corrected chi connectivity index (χ1v) is 7.21. The molecule has 0 fully saturated rings. The van der Waals surface area contributed by atoms with Gasteiger partial charge < -0.3 is 0 Å². The molecule has 0 amide bonds. The Bertz CT molecular complexity index is 355. The van der Waals surface area contributed by atoms with Crippen molar-refractivity contribution in [3.8, 4) is 0 Å². The zero-order valence-corrected chi connectivity index (χ0v) is 10.1. The molecule has 92 valence electrons. The van der Waals surface area contributed by atoms with Crippen LogP contribution >= 0.6 is 0 Å². The second kappa shape index (κ2) is 6.38. The lowest BCUT2D eigenvalue weighted by Crippen LogP contribution is -2.09. The Labute approximate surface area is 89.8 Å². The first kappa shape index (κ1) is 14.8. The predicted octanol–water partition coefficient (Wildman–Crippen LogP) is -0.349.